The van der Waals surface area contributed by atoms with Crippen LogP contribution in [0.2, 0.25) is 0 Å². The second-order valence-corrected chi connectivity index (χ2v) is 5.35. The van der Waals surface area contributed by atoms with E-state index in [9.17, 15) is 0 Å². The first kappa shape index (κ1) is 14.1. The fourth-order valence-corrected chi connectivity index (χ4v) is 2.78. The number of rotatable bonds is 4. The second-order valence-electron chi connectivity index (χ2n) is 5.35. The molecule has 0 bridgehead atoms. The fraction of sp³-hybridized carbons (Fsp3) is 0.438. The molecular weight excluding hydrogens is 264 g/mol. The number of aromatic nitrogens is 1. The molecular formula is C16H22N4O. The average Bonchev–Trinajstić information content (AvgIpc) is 2.55. The zero-order valence-corrected chi connectivity index (χ0v) is 12.5. The van der Waals surface area contributed by atoms with Crippen LogP contribution in [0.5, 0.6) is 5.75 Å². The van der Waals surface area contributed by atoms with E-state index in [4.69, 9.17) is 15.5 Å². The summed E-state index contributed by atoms with van der Waals surface area (Å²) in [5.41, 5.74) is 6.62. The van der Waals surface area contributed by atoms with Crippen molar-refractivity contribution in [2.24, 2.45) is 5.73 Å². The summed E-state index contributed by atoms with van der Waals surface area (Å²) < 4.78 is 5.25. The van der Waals surface area contributed by atoms with Gasteiger partial charge in [-0.3, -0.25) is 4.90 Å². The van der Waals surface area contributed by atoms with Gasteiger partial charge in [0.05, 0.1) is 12.6 Å². The lowest BCUT2D eigenvalue weighted by atomic mass is 10.2. The number of benzene rings is 1. The zero-order valence-electron chi connectivity index (χ0n) is 12.5. The molecule has 2 aromatic rings. The smallest absolute Gasteiger partial charge is 0.129 e. The molecule has 3 rings (SSSR count). The Kier molecular flexibility index (Phi) is 4.22. The maximum atomic E-state index is 5.61. The maximum absolute atomic E-state index is 5.61. The Morgan fingerprint density at radius 2 is 1.95 bits per heavy atom. The highest BCUT2D eigenvalue weighted by Crippen LogP contribution is 2.23. The SMILES string of the molecule is COc1ccc2nc(N3CCN(CCN)CC3)ccc2c1. The fourth-order valence-electron chi connectivity index (χ4n) is 2.78. The van der Waals surface area contributed by atoms with E-state index in [2.05, 4.69) is 21.9 Å². The van der Waals surface area contributed by atoms with Crippen molar-refractivity contribution >= 4 is 16.7 Å². The molecule has 21 heavy (non-hydrogen) atoms. The van der Waals surface area contributed by atoms with Crippen molar-refractivity contribution in [3.8, 4) is 5.75 Å². The van der Waals surface area contributed by atoms with Gasteiger partial charge in [0.25, 0.3) is 0 Å². The van der Waals surface area contributed by atoms with Crippen molar-refractivity contribution in [1.29, 1.82) is 0 Å². The summed E-state index contributed by atoms with van der Waals surface area (Å²) >= 11 is 0. The first-order chi connectivity index (χ1) is 10.3. The molecule has 2 N–H and O–H groups in total. The van der Waals surface area contributed by atoms with Crippen LogP contribution in [0.25, 0.3) is 10.9 Å². The van der Waals surface area contributed by atoms with Crippen LogP contribution in [0, 0.1) is 0 Å². The van der Waals surface area contributed by atoms with Crippen molar-refractivity contribution in [1.82, 2.24) is 9.88 Å². The molecule has 0 radical (unpaired) electrons. The van der Waals surface area contributed by atoms with E-state index in [1.807, 2.05) is 18.2 Å². The molecule has 0 atom stereocenters. The number of nitrogens with two attached hydrogens (primary N) is 1. The summed E-state index contributed by atoms with van der Waals surface area (Å²) in [4.78, 5) is 9.52. The topological polar surface area (TPSA) is 54.6 Å². The Morgan fingerprint density at radius 3 is 2.67 bits per heavy atom. The number of hydrogen-bond donors (Lipinski definition) is 1. The highest BCUT2D eigenvalue weighted by molar-refractivity contribution is 5.81. The molecule has 1 aliphatic rings. The monoisotopic (exact) mass is 286 g/mol. The normalized spacial score (nSPS) is 16.4. The summed E-state index contributed by atoms with van der Waals surface area (Å²) in [6, 6.07) is 10.2. The quantitative estimate of drug-likeness (QED) is 0.919. The zero-order chi connectivity index (χ0) is 14.7. The van der Waals surface area contributed by atoms with Crippen LogP contribution in [-0.2, 0) is 0 Å². The highest BCUT2D eigenvalue weighted by atomic mass is 16.5. The van der Waals surface area contributed by atoms with Crippen molar-refractivity contribution < 1.29 is 4.74 Å². The molecule has 0 spiro atoms. The Morgan fingerprint density at radius 1 is 1.14 bits per heavy atom. The van der Waals surface area contributed by atoms with E-state index in [1.54, 1.807) is 7.11 Å². The van der Waals surface area contributed by atoms with Crippen LogP contribution in [0.15, 0.2) is 30.3 Å². The predicted octanol–water partition coefficient (Wildman–Crippen LogP) is 1.32. The molecule has 2 heterocycles. The third-order valence-corrected chi connectivity index (χ3v) is 4.02. The molecule has 112 valence electrons. The number of methoxy groups -OCH3 is 1. The summed E-state index contributed by atoms with van der Waals surface area (Å²) in [5, 5.41) is 1.11. The van der Waals surface area contributed by atoms with Crippen LogP contribution in [0.1, 0.15) is 0 Å². The van der Waals surface area contributed by atoms with Gasteiger partial charge in [0.2, 0.25) is 0 Å². The number of fused-ring (bicyclic) bond motifs is 1. The molecule has 0 saturated carbocycles. The number of pyridine rings is 1. The molecule has 5 nitrogen and oxygen atoms in total. The predicted molar refractivity (Wildman–Crippen MR) is 86.0 cm³/mol. The van der Waals surface area contributed by atoms with Gasteiger partial charge in [0.15, 0.2) is 0 Å². The van der Waals surface area contributed by atoms with E-state index in [0.29, 0.717) is 0 Å². The van der Waals surface area contributed by atoms with Crippen LogP contribution in [0.3, 0.4) is 0 Å². The lowest BCUT2D eigenvalue weighted by Crippen LogP contribution is -2.48. The van der Waals surface area contributed by atoms with Crippen LogP contribution in [0.4, 0.5) is 5.82 Å². The third-order valence-electron chi connectivity index (χ3n) is 4.02. The summed E-state index contributed by atoms with van der Waals surface area (Å²) in [6.45, 7) is 5.84. The minimum atomic E-state index is 0.732. The average molecular weight is 286 g/mol. The molecule has 5 heteroatoms. The number of ether oxygens (including phenoxy) is 1. The van der Waals surface area contributed by atoms with Gasteiger partial charge in [0, 0.05) is 44.7 Å². The van der Waals surface area contributed by atoms with Gasteiger partial charge in [-0.1, -0.05) is 0 Å². The lowest BCUT2D eigenvalue weighted by Gasteiger charge is -2.35. The summed E-state index contributed by atoms with van der Waals surface area (Å²) in [5.74, 6) is 1.92. The van der Waals surface area contributed by atoms with Gasteiger partial charge in [0.1, 0.15) is 11.6 Å². The van der Waals surface area contributed by atoms with Crippen molar-refractivity contribution in [2.75, 3.05) is 51.3 Å². The van der Waals surface area contributed by atoms with Crippen molar-refractivity contribution in [2.45, 2.75) is 0 Å². The molecule has 1 fully saturated rings. The van der Waals surface area contributed by atoms with E-state index >= 15 is 0 Å². The Balaban J connectivity index is 1.76. The van der Waals surface area contributed by atoms with Gasteiger partial charge in [-0.25, -0.2) is 4.98 Å². The van der Waals surface area contributed by atoms with Crippen molar-refractivity contribution in [3.05, 3.63) is 30.3 Å². The lowest BCUT2D eigenvalue weighted by molar-refractivity contribution is 0.264. The molecule has 0 unspecified atom stereocenters. The van der Waals surface area contributed by atoms with E-state index in [-0.39, 0.29) is 0 Å². The number of nitrogens with zero attached hydrogens (tertiary/aromatic N) is 3. The number of hydrogen-bond acceptors (Lipinski definition) is 5. The molecule has 1 aromatic heterocycles. The van der Waals surface area contributed by atoms with E-state index in [1.165, 1.54) is 0 Å². The van der Waals surface area contributed by atoms with Gasteiger partial charge in [-0.05, 0) is 30.3 Å². The van der Waals surface area contributed by atoms with Gasteiger partial charge in [-0.15, -0.1) is 0 Å². The maximum Gasteiger partial charge on any atom is 0.129 e. The number of anilines is 1. The Labute approximate surface area is 125 Å². The van der Waals surface area contributed by atoms with E-state index in [0.717, 1.165) is 61.7 Å². The third kappa shape index (κ3) is 3.09. The summed E-state index contributed by atoms with van der Waals surface area (Å²) in [7, 11) is 1.68. The largest absolute Gasteiger partial charge is 0.497 e. The summed E-state index contributed by atoms with van der Waals surface area (Å²) in [6.07, 6.45) is 0. The minimum absolute atomic E-state index is 0.732. The molecule has 1 aliphatic heterocycles. The Hall–Kier alpha value is -1.85. The molecule has 0 amide bonds. The van der Waals surface area contributed by atoms with Gasteiger partial charge in [-0.2, -0.15) is 0 Å². The first-order valence-electron chi connectivity index (χ1n) is 7.42. The van der Waals surface area contributed by atoms with Crippen LogP contribution >= 0.6 is 0 Å². The molecule has 1 aromatic carbocycles. The van der Waals surface area contributed by atoms with Crippen molar-refractivity contribution in [3.63, 3.8) is 0 Å². The van der Waals surface area contributed by atoms with Crippen LogP contribution < -0.4 is 15.4 Å². The first-order valence-corrected chi connectivity index (χ1v) is 7.42. The number of piperazine rings is 1. The Bertz CT molecular complexity index is 608. The highest BCUT2D eigenvalue weighted by Gasteiger charge is 2.17. The van der Waals surface area contributed by atoms with Gasteiger partial charge < -0.3 is 15.4 Å². The van der Waals surface area contributed by atoms with E-state index < -0.39 is 0 Å². The second kappa shape index (κ2) is 6.28. The van der Waals surface area contributed by atoms with Crippen LogP contribution in [-0.4, -0.2) is 56.3 Å². The molecule has 1 saturated heterocycles. The molecule has 0 aliphatic carbocycles. The standard InChI is InChI=1S/C16H22N4O/c1-21-14-3-4-15-13(12-14)2-5-16(18-15)20-10-8-19(7-6-17)9-11-20/h2-5,12H,6-11,17H2,1H3. The van der Waals surface area contributed by atoms with Gasteiger partial charge >= 0.3 is 0 Å². The minimum Gasteiger partial charge on any atom is -0.497 e.